The third kappa shape index (κ3) is 5.60. The van der Waals surface area contributed by atoms with Crippen LogP contribution < -0.4 is 11.1 Å². The summed E-state index contributed by atoms with van der Waals surface area (Å²) in [6, 6.07) is 19.2. The Hall–Kier alpha value is -1.80. The van der Waals surface area contributed by atoms with Gasteiger partial charge in [0.05, 0.1) is 0 Å². The van der Waals surface area contributed by atoms with Gasteiger partial charge < -0.3 is 11.1 Å². The van der Waals surface area contributed by atoms with Gasteiger partial charge in [0.2, 0.25) is 0 Å². The normalized spacial score (nSPS) is 10.5. The van der Waals surface area contributed by atoms with Crippen LogP contribution >= 0.6 is 0 Å². The van der Waals surface area contributed by atoms with Crippen LogP contribution in [0.5, 0.6) is 0 Å². The zero-order valence-corrected chi connectivity index (χ0v) is 12.7. The summed E-state index contributed by atoms with van der Waals surface area (Å²) in [5.41, 5.74) is 9.50. The van der Waals surface area contributed by atoms with Crippen molar-refractivity contribution in [1.29, 1.82) is 0 Å². The van der Waals surface area contributed by atoms with Gasteiger partial charge in [0.25, 0.3) is 0 Å². The number of hydrogen-bond acceptors (Lipinski definition) is 2. The summed E-state index contributed by atoms with van der Waals surface area (Å²) in [5.74, 6) is 0. The van der Waals surface area contributed by atoms with Crippen molar-refractivity contribution in [2.75, 3.05) is 18.4 Å². The molecule has 2 aromatic rings. The molecule has 0 amide bonds. The highest BCUT2D eigenvalue weighted by molar-refractivity contribution is 5.52. The van der Waals surface area contributed by atoms with Crippen molar-refractivity contribution in [2.45, 2.75) is 32.1 Å². The third-order valence-electron chi connectivity index (χ3n) is 3.70. The topological polar surface area (TPSA) is 38.0 Å². The summed E-state index contributed by atoms with van der Waals surface area (Å²) in [4.78, 5) is 0. The Morgan fingerprint density at radius 3 is 2.29 bits per heavy atom. The number of para-hydroxylation sites is 1. The van der Waals surface area contributed by atoms with Crippen LogP contribution in [0.4, 0.5) is 5.69 Å². The average Bonchev–Trinajstić information content (AvgIpc) is 2.53. The Kier molecular flexibility index (Phi) is 6.82. The zero-order chi connectivity index (χ0) is 14.8. The zero-order valence-electron chi connectivity index (χ0n) is 12.7. The van der Waals surface area contributed by atoms with E-state index in [-0.39, 0.29) is 0 Å². The predicted molar refractivity (Wildman–Crippen MR) is 91.7 cm³/mol. The fourth-order valence-corrected chi connectivity index (χ4v) is 2.51. The highest BCUT2D eigenvalue weighted by Gasteiger charge is 2.02. The summed E-state index contributed by atoms with van der Waals surface area (Å²) in [7, 11) is 0. The molecule has 0 fully saturated rings. The van der Waals surface area contributed by atoms with Crippen LogP contribution in [0.1, 0.15) is 36.8 Å². The number of nitrogens with one attached hydrogen (secondary N) is 1. The monoisotopic (exact) mass is 282 g/mol. The van der Waals surface area contributed by atoms with E-state index in [2.05, 4.69) is 59.9 Å². The Labute approximate surface area is 128 Å². The van der Waals surface area contributed by atoms with Crippen LogP contribution in [0.2, 0.25) is 0 Å². The number of benzene rings is 2. The van der Waals surface area contributed by atoms with Crippen molar-refractivity contribution in [3.63, 3.8) is 0 Å². The van der Waals surface area contributed by atoms with Crippen LogP contribution in [0, 0.1) is 0 Å². The van der Waals surface area contributed by atoms with Gasteiger partial charge in [-0.3, -0.25) is 0 Å². The van der Waals surface area contributed by atoms with Crippen molar-refractivity contribution in [3.8, 4) is 0 Å². The van der Waals surface area contributed by atoms with E-state index >= 15 is 0 Å². The number of nitrogens with two attached hydrogens (primary N) is 1. The first-order chi connectivity index (χ1) is 10.4. The Bertz CT molecular complexity index is 508. The van der Waals surface area contributed by atoms with Gasteiger partial charge >= 0.3 is 0 Å². The molecule has 0 aromatic heterocycles. The number of anilines is 1. The molecule has 2 rings (SSSR count). The van der Waals surface area contributed by atoms with Crippen molar-refractivity contribution in [1.82, 2.24) is 0 Å². The minimum Gasteiger partial charge on any atom is -0.385 e. The molecule has 2 aromatic carbocycles. The molecule has 2 nitrogen and oxygen atoms in total. The molecule has 0 spiro atoms. The first-order valence-corrected chi connectivity index (χ1v) is 7.96. The molecule has 0 aliphatic carbocycles. The van der Waals surface area contributed by atoms with Crippen LogP contribution in [0.3, 0.4) is 0 Å². The lowest BCUT2D eigenvalue weighted by molar-refractivity contribution is 0.661. The van der Waals surface area contributed by atoms with Crippen molar-refractivity contribution in [2.24, 2.45) is 5.73 Å². The van der Waals surface area contributed by atoms with Crippen LogP contribution in [0.25, 0.3) is 0 Å². The molecule has 0 aliphatic rings. The molecule has 112 valence electrons. The first kappa shape index (κ1) is 15.6. The maximum atomic E-state index is 5.51. The Morgan fingerprint density at radius 2 is 1.48 bits per heavy atom. The fourth-order valence-electron chi connectivity index (χ4n) is 2.51. The van der Waals surface area contributed by atoms with Crippen molar-refractivity contribution in [3.05, 3.63) is 65.7 Å². The smallest absolute Gasteiger partial charge is 0.0376 e. The van der Waals surface area contributed by atoms with E-state index in [4.69, 9.17) is 5.73 Å². The largest absolute Gasteiger partial charge is 0.385 e. The lowest BCUT2D eigenvalue weighted by Gasteiger charge is -2.12. The molecule has 0 aliphatic heterocycles. The maximum absolute atomic E-state index is 5.51. The molecule has 0 heterocycles. The van der Waals surface area contributed by atoms with Gasteiger partial charge in [0.15, 0.2) is 0 Å². The van der Waals surface area contributed by atoms with Gasteiger partial charge in [-0.2, -0.15) is 0 Å². The summed E-state index contributed by atoms with van der Waals surface area (Å²) in [6.45, 7) is 1.85. The Balaban J connectivity index is 1.85. The highest BCUT2D eigenvalue weighted by atomic mass is 14.9. The first-order valence-electron chi connectivity index (χ1n) is 7.96. The summed E-state index contributed by atoms with van der Waals surface area (Å²) < 4.78 is 0. The van der Waals surface area contributed by atoms with E-state index in [0.29, 0.717) is 0 Å². The third-order valence-corrected chi connectivity index (χ3v) is 3.70. The highest BCUT2D eigenvalue weighted by Crippen LogP contribution is 2.19. The molecule has 0 unspecified atom stereocenters. The van der Waals surface area contributed by atoms with Gasteiger partial charge in [0.1, 0.15) is 0 Å². The second-order valence-corrected chi connectivity index (χ2v) is 5.45. The lowest BCUT2D eigenvalue weighted by atomic mass is 10.0. The van der Waals surface area contributed by atoms with E-state index in [9.17, 15) is 0 Å². The van der Waals surface area contributed by atoms with E-state index in [1.807, 2.05) is 0 Å². The van der Waals surface area contributed by atoms with E-state index in [0.717, 1.165) is 25.9 Å². The van der Waals surface area contributed by atoms with Crippen molar-refractivity contribution < 1.29 is 0 Å². The molecule has 0 atom stereocenters. The molecule has 0 bridgehead atoms. The van der Waals surface area contributed by atoms with Gasteiger partial charge in [-0.15, -0.1) is 0 Å². The lowest BCUT2D eigenvalue weighted by Crippen LogP contribution is -2.05. The van der Waals surface area contributed by atoms with Gasteiger partial charge in [-0.1, -0.05) is 61.4 Å². The second kappa shape index (κ2) is 9.19. The van der Waals surface area contributed by atoms with E-state index in [1.165, 1.54) is 36.1 Å². The molecule has 0 radical (unpaired) electrons. The molecular formula is C19H26N2. The van der Waals surface area contributed by atoms with Gasteiger partial charge in [-0.05, 0) is 43.0 Å². The standard InChI is InChI=1S/C19H26N2/c20-14-8-1-2-9-15-21-19-13-7-6-12-18(19)16-17-10-4-3-5-11-17/h3-7,10-13,21H,1-2,8-9,14-16,20H2. The van der Waals surface area contributed by atoms with Gasteiger partial charge in [-0.25, -0.2) is 0 Å². The van der Waals surface area contributed by atoms with Crippen molar-refractivity contribution >= 4 is 5.69 Å². The summed E-state index contributed by atoms with van der Waals surface area (Å²) >= 11 is 0. The minimum absolute atomic E-state index is 0.813. The van der Waals surface area contributed by atoms with Crippen LogP contribution in [-0.2, 0) is 6.42 Å². The number of unbranched alkanes of at least 4 members (excludes halogenated alkanes) is 3. The predicted octanol–water partition coefficient (Wildman–Crippen LogP) is 4.21. The molecule has 0 saturated carbocycles. The summed E-state index contributed by atoms with van der Waals surface area (Å²) in [6.07, 6.45) is 5.83. The van der Waals surface area contributed by atoms with Crippen LogP contribution in [-0.4, -0.2) is 13.1 Å². The second-order valence-electron chi connectivity index (χ2n) is 5.45. The van der Waals surface area contributed by atoms with E-state index < -0.39 is 0 Å². The fraction of sp³-hybridized carbons (Fsp3) is 0.368. The number of hydrogen-bond donors (Lipinski definition) is 2. The average molecular weight is 282 g/mol. The number of rotatable bonds is 9. The van der Waals surface area contributed by atoms with E-state index in [1.54, 1.807) is 0 Å². The van der Waals surface area contributed by atoms with Gasteiger partial charge in [0, 0.05) is 12.2 Å². The summed E-state index contributed by atoms with van der Waals surface area (Å²) in [5, 5.41) is 3.58. The molecule has 3 N–H and O–H groups in total. The molecular weight excluding hydrogens is 256 g/mol. The molecule has 21 heavy (non-hydrogen) atoms. The Morgan fingerprint density at radius 1 is 0.762 bits per heavy atom. The maximum Gasteiger partial charge on any atom is 0.0376 e. The SMILES string of the molecule is NCCCCCCNc1ccccc1Cc1ccccc1. The minimum atomic E-state index is 0.813. The quantitative estimate of drug-likeness (QED) is 0.676. The molecule has 0 saturated heterocycles. The van der Waals surface area contributed by atoms with Crippen LogP contribution in [0.15, 0.2) is 54.6 Å². The molecule has 2 heteroatoms.